The molecule has 27 heavy (non-hydrogen) atoms. The Morgan fingerprint density at radius 3 is 1.33 bits per heavy atom. The molecule has 0 aliphatic carbocycles. The molecule has 0 unspecified atom stereocenters. The summed E-state index contributed by atoms with van der Waals surface area (Å²) >= 11 is 1.81. The Morgan fingerprint density at radius 1 is 0.556 bits per heavy atom. The van der Waals surface area contributed by atoms with Gasteiger partial charge in [0.15, 0.2) is 0 Å². The molecule has 0 spiro atoms. The van der Waals surface area contributed by atoms with E-state index in [1.807, 2.05) is 30.3 Å². The van der Waals surface area contributed by atoms with Crippen molar-refractivity contribution in [2.75, 3.05) is 0 Å². The first-order valence-corrected chi connectivity index (χ1v) is 11.5. The van der Waals surface area contributed by atoms with Crippen LogP contribution in [0.5, 0.6) is 0 Å². The van der Waals surface area contributed by atoms with Crippen molar-refractivity contribution in [3.05, 3.63) is 128 Å². The molecule has 2 heteroatoms. The van der Waals surface area contributed by atoms with Gasteiger partial charge < -0.3 is 0 Å². The zero-order chi connectivity index (χ0) is 19.3. The van der Waals surface area contributed by atoms with Crippen LogP contribution in [0, 0.1) is 6.92 Å². The van der Waals surface area contributed by atoms with Crippen LogP contribution in [0.15, 0.2) is 115 Å². The van der Waals surface area contributed by atoms with Gasteiger partial charge in [-0.3, -0.25) is 0 Å². The average molecular weight is 397 g/mol. The van der Waals surface area contributed by atoms with Crippen molar-refractivity contribution < 1.29 is 19.2 Å². The number of hydrogen-bond donors (Lipinski definition) is 0. The average Bonchev–Trinajstić information content (AvgIpc) is 3.40. The van der Waals surface area contributed by atoms with Gasteiger partial charge in [-0.05, 0) is 0 Å². The van der Waals surface area contributed by atoms with Gasteiger partial charge >= 0.3 is 26.8 Å². The molecule has 2 radical (unpaired) electrons. The van der Waals surface area contributed by atoms with E-state index in [1.54, 1.807) is 19.2 Å². The molecule has 0 saturated carbocycles. The van der Waals surface area contributed by atoms with Crippen LogP contribution in [0.1, 0.15) is 5.56 Å². The molecule has 0 saturated heterocycles. The fraction of sp³-hybridized carbons (Fsp3) is 0. The molecule has 0 aliphatic heterocycles. The standard InChI is InChI=1S/2C9H7.C7H7.Si.Ti/c2*1-2-5-9-7-3-6-8(9)4-1;1-7-5-3-2-4-6-7;;/h2*1-7H;2-6H,1H2;;/q3*-1;;. The van der Waals surface area contributed by atoms with E-state index in [4.69, 9.17) is 0 Å². The van der Waals surface area contributed by atoms with E-state index in [0.717, 1.165) is 5.56 Å². The van der Waals surface area contributed by atoms with Crippen molar-refractivity contribution in [3.8, 4) is 0 Å². The molecule has 0 aromatic heterocycles. The molecular weight excluding hydrogens is 376 g/mol. The minimum atomic E-state index is 1.07. The van der Waals surface area contributed by atoms with Gasteiger partial charge in [-0.2, -0.15) is 59.7 Å². The third-order valence-electron chi connectivity index (χ3n) is 3.94. The minimum Gasteiger partial charge on any atom is -0.168 e. The normalized spacial score (nSPS) is 9.15. The van der Waals surface area contributed by atoms with Crippen LogP contribution in [0.3, 0.4) is 0 Å². The predicted octanol–water partition coefficient (Wildman–Crippen LogP) is 6.60. The van der Waals surface area contributed by atoms with Crippen molar-refractivity contribution in [2.24, 2.45) is 0 Å². The van der Waals surface area contributed by atoms with E-state index < -0.39 is 0 Å². The molecular formula is C25H21SiTi-3. The zero-order valence-corrected chi connectivity index (χ0v) is 17.7. The topological polar surface area (TPSA) is 0 Å². The maximum absolute atomic E-state index is 3.72. The molecule has 5 aromatic carbocycles. The summed E-state index contributed by atoms with van der Waals surface area (Å²) in [6.07, 6.45) is 0. The van der Waals surface area contributed by atoms with Crippen LogP contribution in [0.2, 0.25) is 0 Å². The van der Waals surface area contributed by atoms with Crippen LogP contribution in [0.25, 0.3) is 21.5 Å². The maximum Gasteiger partial charge on any atom is -0.0809 e. The first-order valence-electron chi connectivity index (χ1n) is 8.66. The largest absolute Gasteiger partial charge is 0.168 e. The SMILES string of the molecule is [CH2-]c1ccccc1.[Si]=[Ti].c1ccc2[cH-]ccc2c1.c1ccc2[cH-]ccc2c1. The summed E-state index contributed by atoms with van der Waals surface area (Å²) in [6.45, 7) is 3.72. The molecule has 0 amide bonds. The van der Waals surface area contributed by atoms with E-state index in [-0.39, 0.29) is 0 Å². The fourth-order valence-electron chi connectivity index (χ4n) is 2.62. The molecule has 0 nitrogen and oxygen atoms in total. The number of rotatable bonds is 0. The van der Waals surface area contributed by atoms with Crippen LogP contribution in [-0.2, 0) is 19.2 Å². The number of benzene rings is 3. The van der Waals surface area contributed by atoms with E-state index >= 15 is 0 Å². The summed E-state index contributed by atoms with van der Waals surface area (Å²) < 4.78 is 0. The molecule has 0 fully saturated rings. The minimum absolute atomic E-state index is 1.07. The first-order chi connectivity index (χ1) is 13.3. The third-order valence-corrected chi connectivity index (χ3v) is 3.94. The van der Waals surface area contributed by atoms with Crippen molar-refractivity contribution in [2.45, 2.75) is 0 Å². The summed E-state index contributed by atoms with van der Waals surface area (Å²) in [5, 5.41) is 5.32. The second-order valence-electron chi connectivity index (χ2n) is 5.79. The summed E-state index contributed by atoms with van der Waals surface area (Å²) in [7, 11) is 2.97. The van der Waals surface area contributed by atoms with Gasteiger partial charge in [0.05, 0.1) is 0 Å². The van der Waals surface area contributed by atoms with E-state index in [9.17, 15) is 0 Å². The van der Waals surface area contributed by atoms with Crippen molar-refractivity contribution in [1.82, 2.24) is 0 Å². The smallest absolute Gasteiger partial charge is 0.0809 e. The summed E-state index contributed by atoms with van der Waals surface area (Å²) in [4.78, 5) is 0. The number of hydrogen-bond acceptors (Lipinski definition) is 0. The Labute approximate surface area is 175 Å². The van der Waals surface area contributed by atoms with Crippen LogP contribution >= 0.6 is 0 Å². The summed E-state index contributed by atoms with van der Waals surface area (Å²) in [6, 6.07) is 39.2. The van der Waals surface area contributed by atoms with Crippen LogP contribution in [0.4, 0.5) is 0 Å². The van der Waals surface area contributed by atoms with Gasteiger partial charge in [0, 0.05) is 0 Å². The second-order valence-corrected chi connectivity index (χ2v) is 5.79. The van der Waals surface area contributed by atoms with E-state index in [0.29, 0.717) is 0 Å². The van der Waals surface area contributed by atoms with Gasteiger partial charge in [-0.25, -0.2) is 0 Å². The Balaban J connectivity index is 0.000000140. The Hall–Kier alpha value is -2.32. The molecule has 0 bridgehead atoms. The second kappa shape index (κ2) is 12.1. The first kappa shape index (κ1) is 21.0. The van der Waals surface area contributed by atoms with Crippen LogP contribution in [-0.4, -0.2) is 7.63 Å². The van der Waals surface area contributed by atoms with Crippen molar-refractivity contribution in [1.29, 1.82) is 0 Å². The van der Waals surface area contributed by atoms with Gasteiger partial charge in [0.25, 0.3) is 0 Å². The monoisotopic (exact) mass is 397 g/mol. The van der Waals surface area contributed by atoms with Gasteiger partial charge in [-0.15, -0.1) is 71.4 Å². The number of fused-ring (bicyclic) bond motifs is 2. The van der Waals surface area contributed by atoms with Gasteiger partial charge in [0.1, 0.15) is 0 Å². The maximum atomic E-state index is 3.72. The van der Waals surface area contributed by atoms with Gasteiger partial charge in [-0.1, -0.05) is 18.2 Å². The molecule has 0 N–H and O–H groups in total. The molecule has 5 aromatic rings. The Morgan fingerprint density at radius 2 is 0.963 bits per heavy atom. The summed E-state index contributed by atoms with van der Waals surface area (Å²) in [5.74, 6) is 0. The Bertz CT molecular complexity index is 901. The molecule has 0 atom stereocenters. The van der Waals surface area contributed by atoms with E-state index in [1.165, 1.54) is 21.5 Å². The molecule has 0 aliphatic rings. The predicted molar refractivity (Wildman–Crippen MR) is 116 cm³/mol. The van der Waals surface area contributed by atoms with Crippen molar-refractivity contribution in [3.63, 3.8) is 0 Å². The van der Waals surface area contributed by atoms with Crippen molar-refractivity contribution >= 4 is 29.2 Å². The molecule has 5 rings (SSSR count). The Kier molecular flexibility index (Phi) is 9.43. The molecule has 0 heterocycles. The third kappa shape index (κ3) is 7.07. The van der Waals surface area contributed by atoms with Crippen LogP contribution < -0.4 is 0 Å². The van der Waals surface area contributed by atoms with Gasteiger partial charge in [0.2, 0.25) is 0 Å². The quantitative estimate of drug-likeness (QED) is 0.204. The molecule has 132 valence electrons. The zero-order valence-electron chi connectivity index (χ0n) is 15.2. The van der Waals surface area contributed by atoms with E-state index in [2.05, 4.69) is 99.5 Å². The fourth-order valence-corrected chi connectivity index (χ4v) is 2.62. The summed E-state index contributed by atoms with van der Waals surface area (Å²) in [5.41, 5.74) is 1.07.